The molecular weight excluding hydrogens is 349 g/mol. The van der Waals surface area contributed by atoms with E-state index < -0.39 is 7.92 Å². The van der Waals surface area contributed by atoms with Crippen LogP contribution in [0.4, 0.5) is 0 Å². The second-order valence-corrected chi connectivity index (χ2v) is 11.4. The summed E-state index contributed by atoms with van der Waals surface area (Å²) >= 11 is 0. The van der Waals surface area contributed by atoms with Crippen molar-refractivity contribution >= 4 is 24.4 Å². The van der Waals surface area contributed by atoms with Crippen LogP contribution in [0.15, 0.2) is 65.7 Å². The van der Waals surface area contributed by atoms with Gasteiger partial charge in [0.25, 0.3) is 0 Å². The highest BCUT2D eigenvalue weighted by atomic mass is 31.1. The number of hydrogen-bond acceptors (Lipinski definition) is 2. The maximum Gasteiger partial charge on any atom is 0.190 e. The van der Waals surface area contributed by atoms with Crippen molar-refractivity contribution in [2.45, 2.75) is 53.7 Å². The van der Waals surface area contributed by atoms with E-state index in [1.54, 1.807) is 0 Å². The van der Waals surface area contributed by atoms with Crippen molar-refractivity contribution in [3.05, 3.63) is 60.7 Å². The Bertz CT molecular complexity index is 738. The second-order valence-electron chi connectivity index (χ2n) is 9.21. The van der Waals surface area contributed by atoms with E-state index in [4.69, 9.17) is 9.73 Å². The first-order valence-electron chi connectivity index (χ1n) is 9.81. The Hall–Kier alpha value is -1.66. The number of hydrogen-bond donors (Lipinski definition) is 0. The van der Waals surface area contributed by atoms with Crippen molar-refractivity contribution < 1.29 is 4.74 Å². The summed E-state index contributed by atoms with van der Waals surface area (Å²) in [7, 11) is -0.472. The van der Waals surface area contributed by atoms with E-state index in [-0.39, 0.29) is 23.0 Å². The molecule has 1 aliphatic rings. The molecule has 2 atom stereocenters. The number of aliphatic imine (C=N–C) groups is 1. The van der Waals surface area contributed by atoms with Crippen molar-refractivity contribution in [1.29, 1.82) is 0 Å². The van der Waals surface area contributed by atoms with Gasteiger partial charge in [-0.15, -0.1) is 0 Å². The summed E-state index contributed by atoms with van der Waals surface area (Å²) < 4.78 is 6.30. The van der Waals surface area contributed by atoms with Crippen LogP contribution in [0.5, 0.6) is 0 Å². The van der Waals surface area contributed by atoms with Crippen LogP contribution in [0.25, 0.3) is 0 Å². The zero-order valence-corrected chi connectivity index (χ0v) is 18.3. The normalized spacial score (nSPS) is 20.5. The third kappa shape index (κ3) is 4.61. The Labute approximate surface area is 165 Å². The Morgan fingerprint density at radius 2 is 1.33 bits per heavy atom. The van der Waals surface area contributed by atoms with Gasteiger partial charge in [0, 0.05) is 5.41 Å². The molecule has 3 rings (SSSR count). The molecule has 27 heavy (non-hydrogen) atoms. The first-order chi connectivity index (χ1) is 12.7. The predicted molar refractivity (Wildman–Crippen MR) is 119 cm³/mol. The number of nitrogens with zero attached hydrogens (tertiary/aromatic N) is 1. The van der Waals surface area contributed by atoms with Gasteiger partial charge in [0.2, 0.25) is 0 Å². The van der Waals surface area contributed by atoms with E-state index in [2.05, 4.69) is 102 Å². The van der Waals surface area contributed by atoms with Gasteiger partial charge in [0.1, 0.15) is 6.10 Å². The minimum atomic E-state index is -0.472. The number of benzene rings is 2. The van der Waals surface area contributed by atoms with Gasteiger partial charge in [0.05, 0.1) is 6.04 Å². The van der Waals surface area contributed by atoms with Crippen LogP contribution < -0.4 is 10.6 Å². The van der Waals surface area contributed by atoms with Crippen LogP contribution in [-0.4, -0.2) is 24.2 Å². The molecule has 0 aliphatic carbocycles. The highest BCUT2D eigenvalue weighted by molar-refractivity contribution is 7.73. The molecule has 2 aromatic carbocycles. The average Bonchev–Trinajstić information content (AvgIpc) is 3.04. The molecule has 1 heterocycles. The van der Waals surface area contributed by atoms with Crippen molar-refractivity contribution in [3.8, 4) is 0 Å². The Kier molecular flexibility index (Phi) is 5.77. The summed E-state index contributed by atoms with van der Waals surface area (Å²) in [6, 6.07) is 22.0. The van der Waals surface area contributed by atoms with E-state index in [0.717, 1.165) is 12.1 Å². The van der Waals surface area contributed by atoms with Gasteiger partial charge in [-0.2, -0.15) is 0 Å². The first kappa shape index (κ1) is 20.1. The molecule has 3 heteroatoms. The maximum absolute atomic E-state index is 6.30. The fourth-order valence-corrected chi connectivity index (χ4v) is 6.40. The first-order valence-corrected chi connectivity index (χ1v) is 11.3. The molecule has 2 aromatic rings. The standard InChI is InChI=1S/C24H32NOP/c1-18-21(23(2,3)4)25-22(26-18)24(5,6)17-27(19-13-9-7-10-14-19)20-15-11-8-12-16-20/h7-16,18,21H,17H2,1-6H3. The van der Waals surface area contributed by atoms with Crippen LogP contribution in [0.2, 0.25) is 0 Å². The van der Waals surface area contributed by atoms with Gasteiger partial charge in [-0.25, -0.2) is 4.99 Å². The van der Waals surface area contributed by atoms with E-state index in [9.17, 15) is 0 Å². The highest BCUT2D eigenvalue weighted by Crippen LogP contribution is 2.43. The SMILES string of the molecule is CC1OC(C(C)(C)CP(c2ccccc2)c2ccccc2)=NC1C(C)(C)C. The van der Waals surface area contributed by atoms with Gasteiger partial charge < -0.3 is 4.74 Å². The fraction of sp³-hybridized carbons (Fsp3) is 0.458. The minimum absolute atomic E-state index is 0.106. The monoisotopic (exact) mass is 381 g/mol. The van der Waals surface area contributed by atoms with Gasteiger partial charge in [-0.3, -0.25) is 0 Å². The molecule has 0 saturated heterocycles. The summed E-state index contributed by atoms with van der Waals surface area (Å²) in [5, 5.41) is 2.82. The number of ether oxygens (including phenoxy) is 1. The molecule has 0 spiro atoms. The molecule has 0 saturated carbocycles. The molecule has 0 bridgehead atoms. The topological polar surface area (TPSA) is 21.6 Å². The van der Waals surface area contributed by atoms with E-state index in [1.807, 2.05) is 0 Å². The zero-order chi connectivity index (χ0) is 19.7. The van der Waals surface area contributed by atoms with E-state index >= 15 is 0 Å². The Balaban J connectivity index is 1.91. The van der Waals surface area contributed by atoms with Crippen molar-refractivity contribution in [2.75, 3.05) is 6.16 Å². The molecule has 2 unspecified atom stereocenters. The van der Waals surface area contributed by atoms with Crippen LogP contribution >= 0.6 is 7.92 Å². The second kappa shape index (κ2) is 7.76. The molecule has 0 amide bonds. The highest BCUT2D eigenvalue weighted by Gasteiger charge is 2.42. The molecule has 2 nitrogen and oxygen atoms in total. The van der Waals surface area contributed by atoms with Crippen LogP contribution in [-0.2, 0) is 4.74 Å². The summed E-state index contributed by atoms with van der Waals surface area (Å²) in [6.07, 6.45) is 1.16. The lowest BCUT2D eigenvalue weighted by Crippen LogP contribution is -2.33. The lowest BCUT2D eigenvalue weighted by Gasteiger charge is -2.30. The molecule has 0 N–H and O–H groups in total. The van der Waals surface area contributed by atoms with E-state index in [0.29, 0.717) is 0 Å². The average molecular weight is 382 g/mol. The molecule has 1 aliphatic heterocycles. The molecule has 144 valence electrons. The lowest BCUT2D eigenvalue weighted by molar-refractivity contribution is 0.144. The van der Waals surface area contributed by atoms with Gasteiger partial charge in [0.15, 0.2) is 5.90 Å². The van der Waals surface area contributed by atoms with Gasteiger partial charge >= 0.3 is 0 Å². The lowest BCUT2D eigenvalue weighted by atomic mass is 9.84. The zero-order valence-electron chi connectivity index (χ0n) is 17.4. The van der Waals surface area contributed by atoms with Crippen LogP contribution in [0.3, 0.4) is 0 Å². The molecule has 0 aromatic heterocycles. The fourth-order valence-electron chi connectivity index (χ4n) is 3.74. The Morgan fingerprint density at radius 3 is 1.74 bits per heavy atom. The van der Waals surface area contributed by atoms with Gasteiger partial charge in [-0.1, -0.05) is 95.3 Å². The van der Waals surface area contributed by atoms with Crippen molar-refractivity contribution in [1.82, 2.24) is 0 Å². The molecule has 0 fully saturated rings. The number of rotatable bonds is 5. The molecule has 0 radical (unpaired) electrons. The van der Waals surface area contributed by atoms with Crippen molar-refractivity contribution in [3.63, 3.8) is 0 Å². The molecular formula is C24H32NOP. The predicted octanol–water partition coefficient (Wildman–Crippen LogP) is 5.38. The smallest absolute Gasteiger partial charge is 0.190 e. The van der Waals surface area contributed by atoms with Crippen molar-refractivity contribution in [2.24, 2.45) is 15.8 Å². The quantitative estimate of drug-likeness (QED) is 0.638. The summed E-state index contributed by atoms with van der Waals surface area (Å²) in [5.41, 5.74) is 0.00644. The van der Waals surface area contributed by atoms with Crippen LogP contribution in [0, 0.1) is 10.8 Å². The Morgan fingerprint density at radius 1 is 0.852 bits per heavy atom. The summed E-state index contributed by atoms with van der Waals surface area (Å²) in [5.74, 6) is 0.925. The van der Waals surface area contributed by atoms with E-state index in [1.165, 1.54) is 10.6 Å². The minimum Gasteiger partial charge on any atom is -0.475 e. The summed E-state index contributed by atoms with van der Waals surface area (Å²) in [4.78, 5) is 5.06. The van der Waals surface area contributed by atoms with Gasteiger partial charge in [-0.05, 0) is 37.0 Å². The largest absolute Gasteiger partial charge is 0.475 e. The third-order valence-electron chi connectivity index (χ3n) is 5.15. The maximum atomic E-state index is 6.30. The van der Waals surface area contributed by atoms with Crippen LogP contribution in [0.1, 0.15) is 41.5 Å². The summed E-state index contributed by atoms with van der Waals surface area (Å²) in [6.45, 7) is 13.5. The third-order valence-corrected chi connectivity index (χ3v) is 8.10.